The average molecular weight is 376 g/mol. The number of esters is 1. The number of alkyl halides is 3. The minimum Gasteiger partial charge on any atom is -0.479 e. The lowest BCUT2D eigenvalue weighted by Gasteiger charge is -2.14. The molecular formula is C16H13ClF3NO4. The molecule has 1 aromatic carbocycles. The molecule has 25 heavy (non-hydrogen) atoms. The van der Waals surface area contributed by atoms with Crippen molar-refractivity contribution in [2.24, 2.45) is 0 Å². The molecule has 1 atom stereocenters. The lowest BCUT2D eigenvalue weighted by atomic mass is 10.2. The largest absolute Gasteiger partial charge is 0.479 e. The van der Waals surface area contributed by atoms with E-state index < -0.39 is 28.8 Å². The molecular weight excluding hydrogens is 363 g/mol. The quantitative estimate of drug-likeness (QED) is 0.721. The highest BCUT2D eigenvalue weighted by Gasteiger charge is 2.34. The fraction of sp³-hybridized carbons (Fsp3) is 0.250. The maximum atomic E-state index is 12.8. The number of carbonyl (C=O) groups excluding carboxylic acids is 1. The Hall–Kier alpha value is -2.48. The number of benzene rings is 1. The lowest BCUT2D eigenvalue weighted by molar-refractivity contribution is -0.148. The van der Waals surface area contributed by atoms with E-state index in [0.717, 1.165) is 12.3 Å². The molecule has 0 aliphatic rings. The predicted molar refractivity (Wildman–Crippen MR) is 82.9 cm³/mol. The summed E-state index contributed by atoms with van der Waals surface area (Å²) >= 11 is 5.71. The standard InChI is InChI=1S/C16H13ClF3NO4/c1-9(15(22)23-2)24-10-3-5-11(6-4-10)25-14-13(17)12(7-8-21-14)16(18,19)20/h3-9H,1-2H3. The monoisotopic (exact) mass is 375 g/mol. The van der Waals surface area contributed by atoms with E-state index in [1.807, 2.05) is 0 Å². The van der Waals surface area contributed by atoms with E-state index >= 15 is 0 Å². The molecule has 0 saturated heterocycles. The third kappa shape index (κ3) is 4.76. The van der Waals surface area contributed by atoms with Crippen LogP contribution in [0.1, 0.15) is 12.5 Å². The molecule has 1 unspecified atom stereocenters. The van der Waals surface area contributed by atoms with Gasteiger partial charge in [0, 0.05) is 6.20 Å². The zero-order chi connectivity index (χ0) is 18.6. The second-order valence-electron chi connectivity index (χ2n) is 4.83. The second kappa shape index (κ2) is 7.60. The second-order valence-corrected chi connectivity index (χ2v) is 5.21. The molecule has 0 N–H and O–H groups in total. The third-order valence-corrected chi connectivity index (χ3v) is 3.41. The summed E-state index contributed by atoms with van der Waals surface area (Å²) in [5.41, 5.74) is -1.04. The zero-order valence-electron chi connectivity index (χ0n) is 13.1. The highest BCUT2D eigenvalue weighted by Crippen LogP contribution is 2.39. The van der Waals surface area contributed by atoms with Crippen molar-refractivity contribution in [3.05, 3.63) is 47.1 Å². The predicted octanol–water partition coefficient (Wildman–Crippen LogP) is 4.49. The van der Waals surface area contributed by atoms with Crippen LogP contribution in [0.15, 0.2) is 36.5 Å². The van der Waals surface area contributed by atoms with Crippen molar-refractivity contribution in [1.82, 2.24) is 4.98 Å². The van der Waals surface area contributed by atoms with Crippen molar-refractivity contribution in [3.63, 3.8) is 0 Å². The Kier molecular flexibility index (Phi) is 5.73. The number of halogens is 4. The Morgan fingerprint density at radius 3 is 2.32 bits per heavy atom. The average Bonchev–Trinajstić information content (AvgIpc) is 2.56. The van der Waals surface area contributed by atoms with Crippen molar-refractivity contribution in [2.45, 2.75) is 19.2 Å². The minimum absolute atomic E-state index is 0.201. The van der Waals surface area contributed by atoms with Gasteiger partial charge in [-0.15, -0.1) is 0 Å². The van der Waals surface area contributed by atoms with Gasteiger partial charge in [0.15, 0.2) is 6.10 Å². The molecule has 0 radical (unpaired) electrons. The van der Waals surface area contributed by atoms with Gasteiger partial charge in [-0.05, 0) is 37.3 Å². The molecule has 9 heteroatoms. The fourth-order valence-corrected chi connectivity index (χ4v) is 2.09. The Morgan fingerprint density at radius 2 is 1.76 bits per heavy atom. The van der Waals surface area contributed by atoms with Crippen LogP contribution in [-0.2, 0) is 15.7 Å². The number of nitrogens with zero attached hydrogens (tertiary/aromatic N) is 1. The van der Waals surface area contributed by atoms with E-state index in [9.17, 15) is 18.0 Å². The molecule has 1 heterocycles. The summed E-state index contributed by atoms with van der Waals surface area (Å²) in [5, 5.41) is -0.630. The first-order valence-corrected chi connectivity index (χ1v) is 7.34. The maximum absolute atomic E-state index is 12.8. The number of methoxy groups -OCH3 is 1. The van der Waals surface area contributed by atoms with Crippen LogP contribution in [0.2, 0.25) is 5.02 Å². The maximum Gasteiger partial charge on any atom is 0.418 e. The van der Waals surface area contributed by atoms with Crippen LogP contribution in [0, 0.1) is 0 Å². The number of carbonyl (C=O) groups is 1. The van der Waals surface area contributed by atoms with Crippen LogP contribution < -0.4 is 9.47 Å². The smallest absolute Gasteiger partial charge is 0.418 e. The summed E-state index contributed by atoms with van der Waals surface area (Å²) in [6, 6.07) is 6.61. The molecule has 134 valence electrons. The molecule has 0 aliphatic heterocycles. The third-order valence-electron chi connectivity index (χ3n) is 3.05. The number of hydrogen-bond donors (Lipinski definition) is 0. The van der Waals surface area contributed by atoms with Gasteiger partial charge in [0.2, 0.25) is 5.88 Å². The summed E-state index contributed by atoms with van der Waals surface area (Å²) < 4.78 is 53.6. The van der Waals surface area contributed by atoms with Crippen LogP contribution in [0.25, 0.3) is 0 Å². The molecule has 0 saturated carbocycles. The molecule has 5 nitrogen and oxygen atoms in total. The Morgan fingerprint density at radius 1 is 1.16 bits per heavy atom. The van der Waals surface area contributed by atoms with Crippen molar-refractivity contribution in [1.29, 1.82) is 0 Å². The van der Waals surface area contributed by atoms with Gasteiger partial charge in [-0.1, -0.05) is 11.6 Å². The van der Waals surface area contributed by atoms with Gasteiger partial charge in [-0.2, -0.15) is 13.2 Å². The minimum atomic E-state index is -4.61. The van der Waals surface area contributed by atoms with Crippen molar-refractivity contribution < 1.29 is 32.2 Å². The highest BCUT2D eigenvalue weighted by atomic mass is 35.5. The van der Waals surface area contributed by atoms with E-state index in [1.54, 1.807) is 0 Å². The molecule has 0 spiro atoms. The van der Waals surface area contributed by atoms with Gasteiger partial charge in [0.05, 0.1) is 12.7 Å². The van der Waals surface area contributed by atoms with E-state index in [4.69, 9.17) is 21.1 Å². The molecule has 0 amide bonds. The number of rotatable bonds is 5. The van der Waals surface area contributed by atoms with Crippen LogP contribution in [0.3, 0.4) is 0 Å². The number of aromatic nitrogens is 1. The van der Waals surface area contributed by atoms with Gasteiger partial charge >= 0.3 is 12.1 Å². The molecule has 0 aliphatic carbocycles. The van der Waals surface area contributed by atoms with Crippen molar-refractivity contribution in [2.75, 3.05) is 7.11 Å². The van der Waals surface area contributed by atoms with Crippen LogP contribution in [-0.4, -0.2) is 24.2 Å². The van der Waals surface area contributed by atoms with Gasteiger partial charge < -0.3 is 14.2 Å². The summed E-state index contributed by atoms with van der Waals surface area (Å²) in [4.78, 5) is 15.0. The van der Waals surface area contributed by atoms with Crippen molar-refractivity contribution in [3.8, 4) is 17.4 Å². The van der Waals surface area contributed by atoms with Crippen LogP contribution in [0.4, 0.5) is 13.2 Å². The first-order valence-electron chi connectivity index (χ1n) is 6.96. The summed E-state index contributed by atoms with van der Waals surface area (Å²) in [6.45, 7) is 1.52. The van der Waals surface area contributed by atoms with E-state index in [0.29, 0.717) is 5.75 Å². The normalized spacial score (nSPS) is 12.4. The van der Waals surface area contributed by atoms with Gasteiger partial charge in [-0.3, -0.25) is 0 Å². The van der Waals surface area contributed by atoms with Gasteiger partial charge in [-0.25, -0.2) is 9.78 Å². The first-order chi connectivity index (χ1) is 11.7. The van der Waals surface area contributed by atoms with E-state index in [1.165, 1.54) is 38.3 Å². The summed E-state index contributed by atoms with van der Waals surface area (Å²) in [7, 11) is 1.24. The molecule has 2 aromatic rings. The van der Waals surface area contributed by atoms with Gasteiger partial charge in [0.1, 0.15) is 16.5 Å². The first kappa shape index (κ1) is 18.9. The highest BCUT2D eigenvalue weighted by molar-refractivity contribution is 6.32. The molecule has 2 rings (SSSR count). The van der Waals surface area contributed by atoms with Crippen molar-refractivity contribution >= 4 is 17.6 Å². The lowest BCUT2D eigenvalue weighted by Crippen LogP contribution is -2.24. The Labute approximate surface area is 146 Å². The molecule has 1 aromatic heterocycles. The molecule has 0 bridgehead atoms. The Bertz CT molecular complexity index is 750. The zero-order valence-corrected chi connectivity index (χ0v) is 13.9. The number of pyridine rings is 1. The SMILES string of the molecule is COC(=O)C(C)Oc1ccc(Oc2nccc(C(F)(F)F)c2Cl)cc1. The summed E-state index contributed by atoms with van der Waals surface area (Å²) in [5.74, 6) is -0.353. The molecule has 0 fully saturated rings. The summed E-state index contributed by atoms with van der Waals surface area (Å²) in [6.07, 6.45) is -4.46. The van der Waals surface area contributed by atoms with Crippen LogP contribution >= 0.6 is 11.6 Å². The van der Waals surface area contributed by atoms with Crippen LogP contribution in [0.5, 0.6) is 17.4 Å². The topological polar surface area (TPSA) is 57.7 Å². The van der Waals surface area contributed by atoms with E-state index in [-0.39, 0.29) is 11.6 Å². The number of hydrogen-bond acceptors (Lipinski definition) is 5. The van der Waals surface area contributed by atoms with E-state index in [2.05, 4.69) is 9.72 Å². The number of ether oxygens (including phenoxy) is 3. The van der Waals surface area contributed by atoms with Gasteiger partial charge in [0.25, 0.3) is 0 Å². The fourth-order valence-electron chi connectivity index (χ4n) is 1.83. The Balaban J connectivity index is 2.13.